The van der Waals surface area contributed by atoms with Crippen molar-refractivity contribution in [3.8, 4) is 0 Å². The van der Waals surface area contributed by atoms with E-state index in [0.717, 1.165) is 55.6 Å². The molecule has 1 spiro atoms. The van der Waals surface area contributed by atoms with Gasteiger partial charge in [0.2, 0.25) is 11.9 Å². The first-order chi connectivity index (χ1) is 16.2. The normalized spacial score (nSPS) is 21.9. The predicted octanol–water partition coefficient (Wildman–Crippen LogP) is 1.87. The van der Waals surface area contributed by atoms with Gasteiger partial charge in [0.25, 0.3) is 0 Å². The van der Waals surface area contributed by atoms with Crippen LogP contribution in [0.1, 0.15) is 57.2 Å². The highest BCUT2D eigenvalue weighted by Crippen LogP contribution is 2.44. The lowest BCUT2D eigenvalue weighted by Crippen LogP contribution is -2.59. The molecule has 1 aromatic heterocycles. The molecule has 10 nitrogen and oxygen atoms in total. The number of anilines is 2. The van der Waals surface area contributed by atoms with Crippen molar-refractivity contribution < 1.29 is 19.8 Å². The molecule has 3 aliphatic rings. The summed E-state index contributed by atoms with van der Waals surface area (Å²) in [4.78, 5) is 36.8. The number of nitrogens with one attached hydrogen (secondary N) is 2. The highest BCUT2D eigenvalue weighted by atomic mass is 16.4. The Morgan fingerprint density at radius 3 is 2.56 bits per heavy atom. The molecule has 1 aliphatic carbocycles. The molecular weight excluding hydrogens is 436 g/mol. The molecule has 10 heteroatoms. The van der Waals surface area contributed by atoms with E-state index in [4.69, 9.17) is 9.97 Å². The van der Waals surface area contributed by atoms with E-state index >= 15 is 0 Å². The number of likely N-dealkylation sites (tertiary alicyclic amines) is 1. The number of aliphatic hydroxyl groups excluding tert-OH is 1. The molecule has 2 amide bonds. The lowest BCUT2D eigenvalue weighted by atomic mass is 9.78. The van der Waals surface area contributed by atoms with Gasteiger partial charge in [-0.2, -0.15) is 4.98 Å². The maximum absolute atomic E-state index is 12.2. The van der Waals surface area contributed by atoms with E-state index in [2.05, 4.69) is 29.4 Å². The highest BCUT2D eigenvalue weighted by Gasteiger charge is 2.53. The van der Waals surface area contributed by atoms with Crippen LogP contribution in [0.2, 0.25) is 0 Å². The first kappa shape index (κ1) is 24.5. The van der Waals surface area contributed by atoms with Gasteiger partial charge in [-0.3, -0.25) is 4.79 Å². The average Bonchev–Trinajstić information content (AvgIpc) is 3.18. The Balaban J connectivity index is 1.62. The number of hydrogen-bond acceptors (Lipinski definition) is 7. The smallest absolute Gasteiger partial charge is 0.407 e. The number of amides is 2. The second-order valence-electron chi connectivity index (χ2n) is 10.7. The monoisotopic (exact) mass is 474 g/mol. The molecule has 2 fully saturated rings. The van der Waals surface area contributed by atoms with Crippen LogP contribution in [0.5, 0.6) is 0 Å². The van der Waals surface area contributed by atoms with Gasteiger partial charge >= 0.3 is 6.09 Å². The molecule has 2 aliphatic heterocycles. The van der Waals surface area contributed by atoms with Crippen LogP contribution in [0.4, 0.5) is 16.6 Å². The van der Waals surface area contributed by atoms with Crippen molar-refractivity contribution in [1.29, 1.82) is 0 Å². The van der Waals surface area contributed by atoms with Gasteiger partial charge in [0.1, 0.15) is 5.82 Å². The van der Waals surface area contributed by atoms with E-state index in [-0.39, 0.29) is 30.0 Å². The maximum Gasteiger partial charge on any atom is 0.407 e. The van der Waals surface area contributed by atoms with Crippen molar-refractivity contribution in [3.05, 3.63) is 11.3 Å². The molecule has 0 aromatic carbocycles. The van der Waals surface area contributed by atoms with Gasteiger partial charge < -0.3 is 30.6 Å². The van der Waals surface area contributed by atoms with E-state index in [1.807, 2.05) is 0 Å². The Hall–Kier alpha value is -2.62. The standard InChI is InChI=1S/C24H38N6O4/c1-15(2)8-16(9-20(32)25-3)26-21-18-6-4-5-7-19(18)27-22(28-21)30-14-24(10-17(30)11-31)12-29(13-24)23(33)34/h15-17,31H,4-14H2,1-3H3,(H,25,32)(H,33,34)(H,26,27,28). The fraction of sp³-hybridized carbons (Fsp3) is 0.750. The van der Waals surface area contributed by atoms with Gasteiger partial charge in [0.15, 0.2) is 0 Å². The van der Waals surface area contributed by atoms with Gasteiger partial charge in [-0.1, -0.05) is 13.8 Å². The largest absolute Gasteiger partial charge is 0.465 e. The summed E-state index contributed by atoms with van der Waals surface area (Å²) < 4.78 is 0. The van der Waals surface area contributed by atoms with Gasteiger partial charge in [-0.25, -0.2) is 9.78 Å². The molecule has 0 radical (unpaired) electrons. The third-order valence-electron chi connectivity index (χ3n) is 7.38. The lowest BCUT2D eigenvalue weighted by molar-refractivity contribution is -0.120. The van der Waals surface area contributed by atoms with Crippen LogP contribution in [0.25, 0.3) is 0 Å². The Bertz CT molecular complexity index is 917. The number of rotatable bonds is 8. The Labute approximate surface area is 201 Å². The SMILES string of the molecule is CNC(=O)CC(CC(C)C)Nc1nc(N2CC3(CC2CO)CN(C(=O)O)C3)nc2c1CCCC2. The predicted molar refractivity (Wildman–Crippen MR) is 129 cm³/mol. The minimum atomic E-state index is -0.895. The fourth-order valence-corrected chi connectivity index (χ4v) is 5.80. The summed E-state index contributed by atoms with van der Waals surface area (Å²) in [5.41, 5.74) is 2.02. The number of carboxylic acid groups (broad SMARTS) is 1. The van der Waals surface area contributed by atoms with E-state index in [1.165, 1.54) is 4.90 Å². The van der Waals surface area contributed by atoms with E-state index in [9.17, 15) is 19.8 Å². The number of nitrogens with zero attached hydrogens (tertiary/aromatic N) is 4. The third kappa shape index (κ3) is 5.06. The second kappa shape index (κ2) is 9.93. The fourth-order valence-electron chi connectivity index (χ4n) is 5.80. The average molecular weight is 475 g/mol. The Morgan fingerprint density at radius 1 is 1.18 bits per heavy atom. The molecule has 0 bridgehead atoms. The molecule has 2 saturated heterocycles. The number of carbonyl (C=O) groups excluding carboxylic acids is 1. The molecule has 34 heavy (non-hydrogen) atoms. The summed E-state index contributed by atoms with van der Waals surface area (Å²) in [5, 5.41) is 25.7. The molecule has 3 heterocycles. The second-order valence-corrected chi connectivity index (χ2v) is 10.7. The first-order valence-corrected chi connectivity index (χ1v) is 12.5. The molecule has 4 rings (SSSR count). The van der Waals surface area contributed by atoms with Crippen LogP contribution in [0.15, 0.2) is 0 Å². The topological polar surface area (TPSA) is 131 Å². The Morgan fingerprint density at radius 2 is 1.91 bits per heavy atom. The van der Waals surface area contributed by atoms with E-state index in [0.29, 0.717) is 37.9 Å². The summed E-state index contributed by atoms with van der Waals surface area (Å²) in [6.07, 6.45) is 5.02. The lowest BCUT2D eigenvalue weighted by Gasteiger charge is -2.46. The minimum Gasteiger partial charge on any atom is -0.465 e. The summed E-state index contributed by atoms with van der Waals surface area (Å²) >= 11 is 0. The number of aromatic nitrogens is 2. The summed E-state index contributed by atoms with van der Waals surface area (Å²) in [6.45, 7) is 5.86. The number of carbonyl (C=O) groups is 2. The zero-order chi connectivity index (χ0) is 24.5. The van der Waals surface area contributed by atoms with Crippen molar-refractivity contribution in [2.45, 2.75) is 70.9 Å². The zero-order valence-electron chi connectivity index (χ0n) is 20.5. The Kier molecular flexibility index (Phi) is 7.16. The minimum absolute atomic E-state index is 0.00362. The summed E-state index contributed by atoms with van der Waals surface area (Å²) in [6, 6.07) is -0.175. The highest BCUT2D eigenvalue weighted by molar-refractivity contribution is 5.76. The van der Waals surface area contributed by atoms with E-state index in [1.54, 1.807) is 7.05 Å². The van der Waals surface area contributed by atoms with Crippen molar-refractivity contribution in [1.82, 2.24) is 20.2 Å². The molecular formula is C24H38N6O4. The van der Waals surface area contributed by atoms with Gasteiger partial charge in [0, 0.05) is 50.1 Å². The quantitative estimate of drug-likeness (QED) is 0.449. The molecule has 4 N–H and O–H groups in total. The van der Waals surface area contributed by atoms with Gasteiger partial charge in [0.05, 0.1) is 18.3 Å². The maximum atomic E-state index is 12.2. The summed E-state index contributed by atoms with van der Waals surface area (Å²) in [5.74, 6) is 1.81. The van der Waals surface area contributed by atoms with Gasteiger partial charge in [-0.15, -0.1) is 0 Å². The van der Waals surface area contributed by atoms with Crippen LogP contribution in [0.3, 0.4) is 0 Å². The van der Waals surface area contributed by atoms with Crippen molar-refractivity contribution in [2.75, 3.05) is 43.5 Å². The van der Waals surface area contributed by atoms with E-state index < -0.39 is 6.09 Å². The van der Waals surface area contributed by atoms with Crippen molar-refractivity contribution in [3.63, 3.8) is 0 Å². The van der Waals surface area contributed by atoms with Crippen molar-refractivity contribution >= 4 is 23.8 Å². The number of aryl methyl sites for hydroxylation is 1. The van der Waals surface area contributed by atoms with Crippen LogP contribution in [-0.4, -0.2) is 82.5 Å². The van der Waals surface area contributed by atoms with Crippen LogP contribution >= 0.6 is 0 Å². The first-order valence-electron chi connectivity index (χ1n) is 12.5. The molecule has 188 valence electrons. The molecule has 1 aromatic rings. The molecule has 2 unspecified atom stereocenters. The molecule has 0 saturated carbocycles. The number of fused-ring (bicyclic) bond motifs is 1. The number of hydrogen-bond donors (Lipinski definition) is 4. The third-order valence-corrected chi connectivity index (χ3v) is 7.38. The van der Waals surface area contributed by atoms with Crippen molar-refractivity contribution in [2.24, 2.45) is 11.3 Å². The zero-order valence-corrected chi connectivity index (χ0v) is 20.5. The van der Waals surface area contributed by atoms with Crippen LogP contribution in [0, 0.1) is 11.3 Å². The van der Waals surface area contributed by atoms with Gasteiger partial charge in [-0.05, 0) is 44.4 Å². The molecule has 2 atom stereocenters. The van der Waals surface area contributed by atoms with Crippen LogP contribution in [-0.2, 0) is 17.6 Å². The van der Waals surface area contributed by atoms with Crippen LogP contribution < -0.4 is 15.5 Å². The number of aliphatic hydroxyl groups is 1. The summed E-state index contributed by atoms with van der Waals surface area (Å²) in [7, 11) is 1.66.